The summed E-state index contributed by atoms with van der Waals surface area (Å²) in [5, 5.41) is 4.98. The van der Waals surface area contributed by atoms with Gasteiger partial charge >= 0.3 is 0 Å². The van der Waals surface area contributed by atoms with Gasteiger partial charge in [0.2, 0.25) is 5.91 Å². The highest BCUT2D eigenvalue weighted by molar-refractivity contribution is 7.10. The number of amides is 2. The average molecular weight is 461 g/mol. The third-order valence-electron chi connectivity index (χ3n) is 6.51. The molecule has 170 valence electrons. The largest absolute Gasteiger partial charge is 0.480 e. The van der Waals surface area contributed by atoms with E-state index in [-0.39, 0.29) is 17.9 Å². The van der Waals surface area contributed by atoms with Crippen LogP contribution < -0.4 is 10.1 Å². The van der Waals surface area contributed by atoms with Gasteiger partial charge in [0, 0.05) is 16.1 Å². The van der Waals surface area contributed by atoms with Crippen LogP contribution in [0.5, 0.6) is 5.75 Å². The molecule has 2 aromatic carbocycles. The molecule has 5 rings (SSSR count). The standard InChI is InChI=1S/C27H28N2O3S/c1-2-24-27(31)29(23-11-5-8-18-7-3-4-10-22(18)23)17-19-15-20(12-13-25(19)32-24)28-26(30)16-21-9-6-14-33-21/h3-4,6-7,9-10,12-15,23-24H,2,5,8,11,16-17H2,1H3,(H,28,30)/t23-,24+/m1/s1. The monoisotopic (exact) mass is 460 g/mol. The van der Waals surface area contributed by atoms with E-state index in [1.54, 1.807) is 11.3 Å². The highest BCUT2D eigenvalue weighted by atomic mass is 32.1. The number of carbonyl (C=O) groups is 2. The molecule has 0 bridgehead atoms. The zero-order valence-electron chi connectivity index (χ0n) is 18.8. The quantitative estimate of drug-likeness (QED) is 0.546. The van der Waals surface area contributed by atoms with Crippen LogP contribution in [0.15, 0.2) is 60.0 Å². The lowest BCUT2D eigenvalue weighted by molar-refractivity contribution is -0.141. The summed E-state index contributed by atoms with van der Waals surface area (Å²) in [7, 11) is 0. The molecule has 6 heteroatoms. The van der Waals surface area contributed by atoms with Crippen molar-refractivity contribution in [3.8, 4) is 5.75 Å². The molecule has 0 radical (unpaired) electrons. The van der Waals surface area contributed by atoms with E-state index in [1.165, 1.54) is 11.1 Å². The van der Waals surface area contributed by atoms with Gasteiger partial charge in [-0.1, -0.05) is 37.3 Å². The Hall–Kier alpha value is -3.12. The lowest BCUT2D eigenvalue weighted by Gasteiger charge is -2.36. The van der Waals surface area contributed by atoms with Crippen LogP contribution in [0.1, 0.15) is 53.8 Å². The van der Waals surface area contributed by atoms with Crippen molar-refractivity contribution >= 4 is 28.8 Å². The molecule has 1 aliphatic carbocycles. The Bertz CT molecular complexity index is 1160. The Labute approximate surface area is 198 Å². The first-order valence-electron chi connectivity index (χ1n) is 11.6. The molecule has 0 saturated carbocycles. The van der Waals surface area contributed by atoms with Crippen molar-refractivity contribution < 1.29 is 14.3 Å². The van der Waals surface area contributed by atoms with Crippen LogP contribution in [-0.4, -0.2) is 22.8 Å². The molecule has 5 nitrogen and oxygen atoms in total. The second-order valence-electron chi connectivity index (χ2n) is 8.71. The molecule has 0 spiro atoms. The second-order valence-corrected chi connectivity index (χ2v) is 9.75. The number of aryl methyl sites for hydroxylation is 1. The molecule has 0 fully saturated rings. The smallest absolute Gasteiger partial charge is 0.264 e. The molecule has 0 unspecified atom stereocenters. The lowest BCUT2D eigenvalue weighted by atomic mass is 9.86. The van der Waals surface area contributed by atoms with Crippen molar-refractivity contribution in [2.45, 2.75) is 57.7 Å². The molecule has 2 aliphatic rings. The SMILES string of the molecule is CC[C@@H]1Oc2ccc(NC(=O)Cc3cccs3)cc2CN([C@@H]2CCCc3ccccc32)C1=O. The lowest BCUT2D eigenvalue weighted by Crippen LogP contribution is -2.42. The number of ether oxygens (including phenoxy) is 1. The topological polar surface area (TPSA) is 58.6 Å². The van der Waals surface area contributed by atoms with Crippen molar-refractivity contribution in [2.24, 2.45) is 0 Å². The van der Waals surface area contributed by atoms with Crippen molar-refractivity contribution in [3.05, 3.63) is 81.5 Å². The number of fused-ring (bicyclic) bond motifs is 2. The molecule has 2 heterocycles. The Balaban J connectivity index is 1.43. The Morgan fingerprint density at radius 3 is 2.85 bits per heavy atom. The minimum atomic E-state index is -0.500. The Morgan fingerprint density at radius 2 is 2.03 bits per heavy atom. The van der Waals surface area contributed by atoms with Gasteiger partial charge in [0.25, 0.3) is 5.91 Å². The number of hydrogen-bond acceptors (Lipinski definition) is 4. The highest BCUT2D eigenvalue weighted by Crippen LogP contribution is 2.39. The minimum Gasteiger partial charge on any atom is -0.480 e. The summed E-state index contributed by atoms with van der Waals surface area (Å²) in [6.07, 6.45) is 3.54. The van der Waals surface area contributed by atoms with Gasteiger partial charge < -0.3 is 15.0 Å². The van der Waals surface area contributed by atoms with Crippen LogP contribution in [0.4, 0.5) is 5.69 Å². The van der Waals surface area contributed by atoms with E-state index in [0.717, 1.165) is 41.1 Å². The van der Waals surface area contributed by atoms with E-state index >= 15 is 0 Å². The predicted octanol–water partition coefficient (Wildman–Crippen LogP) is 5.51. The molecule has 1 N–H and O–H groups in total. The molecule has 1 aliphatic heterocycles. The van der Waals surface area contributed by atoms with Gasteiger partial charge in [0.05, 0.1) is 19.0 Å². The van der Waals surface area contributed by atoms with Gasteiger partial charge in [-0.25, -0.2) is 0 Å². The van der Waals surface area contributed by atoms with Crippen molar-refractivity contribution in [1.29, 1.82) is 0 Å². The van der Waals surface area contributed by atoms with Crippen LogP contribution in [0, 0.1) is 0 Å². The number of benzene rings is 2. The van der Waals surface area contributed by atoms with Crippen LogP contribution in [0.2, 0.25) is 0 Å². The van der Waals surface area contributed by atoms with Crippen LogP contribution in [0.25, 0.3) is 0 Å². The molecule has 2 amide bonds. The fourth-order valence-corrected chi connectivity index (χ4v) is 5.60. The van der Waals surface area contributed by atoms with Gasteiger partial charge in [-0.15, -0.1) is 11.3 Å². The number of carbonyl (C=O) groups excluding carboxylic acids is 2. The Kier molecular flexibility index (Phi) is 6.18. The van der Waals surface area contributed by atoms with E-state index < -0.39 is 6.10 Å². The molecule has 3 aromatic rings. The molecule has 1 aromatic heterocycles. The maximum atomic E-state index is 13.5. The predicted molar refractivity (Wildman–Crippen MR) is 130 cm³/mol. The number of hydrogen-bond donors (Lipinski definition) is 1. The van der Waals surface area contributed by atoms with Crippen molar-refractivity contribution in [1.82, 2.24) is 4.90 Å². The van der Waals surface area contributed by atoms with Gasteiger partial charge in [-0.2, -0.15) is 0 Å². The molecule has 0 saturated heterocycles. The van der Waals surface area contributed by atoms with Crippen LogP contribution in [0.3, 0.4) is 0 Å². The van der Waals surface area contributed by atoms with Crippen LogP contribution in [-0.2, 0) is 29.0 Å². The third-order valence-corrected chi connectivity index (χ3v) is 7.39. The van der Waals surface area contributed by atoms with Gasteiger partial charge in [0.1, 0.15) is 5.75 Å². The minimum absolute atomic E-state index is 0.0404. The number of anilines is 1. The molecular formula is C27H28N2O3S. The van der Waals surface area contributed by atoms with E-state index in [4.69, 9.17) is 4.74 Å². The van der Waals surface area contributed by atoms with E-state index in [2.05, 4.69) is 29.6 Å². The van der Waals surface area contributed by atoms with Gasteiger partial charge in [-0.05, 0) is 66.5 Å². The molecule has 2 atom stereocenters. The summed E-state index contributed by atoms with van der Waals surface area (Å²) in [6.45, 7) is 2.46. The zero-order chi connectivity index (χ0) is 22.8. The molecular weight excluding hydrogens is 432 g/mol. The fourth-order valence-electron chi connectivity index (χ4n) is 4.90. The number of thiophene rings is 1. The number of nitrogens with zero attached hydrogens (tertiary/aromatic N) is 1. The van der Waals surface area contributed by atoms with E-state index in [0.29, 0.717) is 19.4 Å². The summed E-state index contributed by atoms with van der Waals surface area (Å²) in [5.41, 5.74) is 4.23. The van der Waals surface area contributed by atoms with Crippen molar-refractivity contribution in [3.63, 3.8) is 0 Å². The maximum absolute atomic E-state index is 13.5. The van der Waals surface area contributed by atoms with Gasteiger partial charge in [-0.3, -0.25) is 9.59 Å². The normalized spacial score (nSPS) is 19.8. The summed E-state index contributed by atoms with van der Waals surface area (Å²) in [6, 6.07) is 18.1. The third kappa shape index (κ3) is 4.53. The average Bonchev–Trinajstić information content (AvgIpc) is 3.29. The first-order valence-corrected chi connectivity index (χ1v) is 12.5. The zero-order valence-corrected chi connectivity index (χ0v) is 19.6. The summed E-state index contributed by atoms with van der Waals surface area (Å²) in [5.74, 6) is 0.712. The highest BCUT2D eigenvalue weighted by Gasteiger charge is 2.36. The van der Waals surface area contributed by atoms with E-state index in [9.17, 15) is 9.59 Å². The summed E-state index contributed by atoms with van der Waals surface area (Å²) < 4.78 is 6.17. The Morgan fingerprint density at radius 1 is 1.15 bits per heavy atom. The fraction of sp³-hybridized carbons (Fsp3) is 0.333. The molecule has 33 heavy (non-hydrogen) atoms. The van der Waals surface area contributed by atoms with E-state index in [1.807, 2.05) is 47.5 Å². The van der Waals surface area contributed by atoms with Gasteiger partial charge in [0.15, 0.2) is 6.10 Å². The second kappa shape index (κ2) is 9.40. The summed E-state index contributed by atoms with van der Waals surface area (Å²) in [4.78, 5) is 29.1. The first kappa shape index (κ1) is 21.7. The summed E-state index contributed by atoms with van der Waals surface area (Å²) >= 11 is 1.58. The van der Waals surface area contributed by atoms with Crippen LogP contribution >= 0.6 is 11.3 Å². The van der Waals surface area contributed by atoms with Crippen molar-refractivity contribution in [2.75, 3.05) is 5.32 Å². The first-order chi connectivity index (χ1) is 16.1. The number of nitrogens with one attached hydrogen (secondary N) is 1. The number of rotatable bonds is 5. The maximum Gasteiger partial charge on any atom is 0.264 e.